The number of carbonyl (C=O) groups excluding carboxylic acids is 1. The van der Waals surface area contributed by atoms with E-state index in [1.807, 2.05) is 20.9 Å². The summed E-state index contributed by atoms with van der Waals surface area (Å²) >= 11 is 0. The molecule has 0 aliphatic carbocycles. The van der Waals surface area contributed by atoms with Gasteiger partial charge in [-0.2, -0.15) is 4.31 Å². The van der Waals surface area contributed by atoms with E-state index in [4.69, 9.17) is 0 Å². The van der Waals surface area contributed by atoms with Gasteiger partial charge in [0.05, 0.1) is 4.90 Å². The molecule has 0 unspecified atom stereocenters. The van der Waals surface area contributed by atoms with Gasteiger partial charge >= 0.3 is 0 Å². The van der Waals surface area contributed by atoms with Crippen molar-refractivity contribution in [1.82, 2.24) is 9.21 Å². The highest BCUT2D eigenvalue weighted by Gasteiger charge is 2.21. The molecule has 0 aliphatic rings. The number of amides is 1. The minimum atomic E-state index is -3.46. The van der Waals surface area contributed by atoms with Crippen LogP contribution in [0.2, 0.25) is 0 Å². The lowest BCUT2D eigenvalue weighted by Crippen LogP contribution is -2.30. The molecule has 1 rings (SSSR count). The number of rotatable bonds is 11. The number of benzene rings is 1. The van der Waals surface area contributed by atoms with E-state index in [1.54, 1.807) is 12.1 Å². The van der Waals surface area contributed by atoms with E-state index in [9.17, 15) is 13.2 Å². The molecule has 0 saturated carbocycles. The lowest BCUT2D eigenvalue weighted by atomic mass is 10.3. The predicted octanol–water partition coefficient (Wildman–Crippen LogP) is 2.78. The Labute approximate surface area is 152 Å². The fourth-order valence-electron chi connectivity index (χ4n) is 2.48. The smallest absolute Gasteiger partial charge is 0.243 e. The molecule has 0 aliphatic heterocycles. The van der Waals surface area contributed by atoms with Crippen LogP contribution in [0.5, 0.6) is 0 Å². The van der Waals surface area contributed by atoms with Crippen molar-refractivity contribution in [3.63, 3.8) is 0 Å². The van der Waals surface area contributed by atoms with Gasteiger partial charge in [-0.3, -0.25) is 4.79 Å². The Morgan fingerprint density at radius 1 is 1.04 bits per heavy atom. The van der Waals surface area contributed by atoms with Crippen molar-refractivity contribution >= 4 is 21.6 Å². The predicted molar refractivity (Wildman–Crippen MR) is 102 cm³/mol. The minimum absolute atomic E-state index is 0.0669. The first kappa shape index (κ1) is 21.6. The Bertz CT molecular complexity index is 625. The molecule has 142 valence electrons. The zero-order valence-electron chi connectivity index (χ0n) is 15.8. The molecule has 6 nitrogen and oxygen atoms in total. The molecule has 0 bridgehead atoms. The van der Waals surface area contributed by atoms with Crippen molar-refractivity contribution in [2.24, 2.45) is 0 Å². The normalized spacial score (nSPS) is 11.9. The standard InChI is InChI=1S/C18H31N3O3S/c1-5-8-14-20(4)15-13-18(22)19-16-9-11-17(12-10-16)25(23,24)21(6-2)7-3/h9-12H,5-8,13-15H2,1-4H3,(H,19,22). The zero-order chi connectivity index (χ0) is 18.9. The number of nitrogens with one attached hydrogen (secondary N) is 1. The molecule has 0 saturated heterocycles. The summed E-state index contributed by atoms with van der Waals surface area (Å²) in [6, 6.07) is 6.34. The van der Waals surface area contributed by atoms with Crippen molar-refractivity contribution in [2.45, 2.75) is 44.9 Å². The molecular formula is C18H31N3O3S. The lowest BCUT2D eigenvalue weighted by Gasteiger charge is -2.18. The second-order valence-corrected chi connectivity index (χ2v) is 8.01. The topological polar surface area (TPSA) is 69.7 Å². The largest absolute Gasteiger partial charge is 0.326 e. The molecular weight excluding hydrogens is 338 g/mol. The summed E-state index contributed by atoms with van der Waals surface area (Å²) in [6.07, 6.45) is 2.68. The molecule has 0 radical (unpaired) electrons. The third-order valence-electron chi connectivity index (χ3n) is 4.10. The Kier molecular flexibility index (Phi) is 9.10. The molecule has 0 fully saturated rings. The second kappa shape index (κ2) is 10.5. The maximum Gasteiger partial charge on any atom is 0.243 e. The van der Waals surface area contributed by atoms with Gasteiger partial charge in [-0.1, -0.05) is 27.2 Å². The summed E-state index contributed by atoms with van der Waals surface area (Å²) in [6.45, 7) is 8.33. The molecule has 0 heterocycles. The first-order chi connectivity index (χ1) is 11.8. The van der Waals surface area contributed by atoms with Crippen molar-refractivity contribution in [3.8, 4) is 0 Å². The van der Waals surface area contributed by atoms with Gasteiger partial charge in [0.15, 0.2) is 0 Å². The molecule has 1 N–H and O–H groups in total. The molecule has 1 aromatic rings. The van der Waals surface area contributed by atoms with Crippen molar-refractivity contribution in [1.29, 1.82) is 0 Å². The van der Waals surface area contributed by atoms with Gasteiger partial charge in [-0.25, -0.2) is 8.42 Å². The number of unbranched alkanes of at least 4 members (excludes halogenated alkanes) is 1. The van der Waals surface area contributed by atoms with Crippen molar-refractivity contribution < 1.29 is 13.2 Å². The number of hydrogen-bond donors (Lipinski definition) is 1. The third-order valence-corrected chi connectivity index (χ3v) is 6.16. The number of hydrogen-bond acceptors (Lipinski definition) is 4. The fraction of sp³-hybridized carbons (Fsp3) is 0.611. The van der Waals surface area contributed by atoms with Crippen LogP contribution in [0.25, 0.3) is 0 Å². The quantitative estimate of drug-likeness (QED) is 0.651. The van der Waals surface area contributed by atoms with Crippen molar-refractivity contribution in [2.75, 3.05) is 38.5 Å². The van der Waals surface area contributed by atoms with Crippen LogP contribution in [0.1, 0.15) is 40.0 Å². The van der Waals surface area contributed by atoms with Crippen LogP contribution in [-0.2, 0) is 14.8 Å². The van der Waals surface area contributed by atoms with Crippen LogP contribution in [0, 0.1) is 0 Å². The van der Waals surface area contributed by atoms with Gasteiger partial charge < -0.3 is 10.2 Å². The first-order valence-corrected chi connectivity index (χ1v) is 10.4. The number of nitrogens with zero attached hydrogens (tertiary/aromatic N) is 2. The van der Waals surface area contributed by atoms with E-state index in [-0.39, 0.29) is 10.8 Å². The maximum absolute atomic E-state index is 12.4. The van der Waals surface area contributed by atoms with Crippen molar-refractivity contribution in [3.05, 3.63) is 24.3 Å². The van der Waals surface area contributed by atoms with Crippen LogP contribution < -0.4 is 5.32 Å². The average molecular weight is 370 g/mol. The monoisotopic (exact) mass is 369 g/mol. The molecule has 0 atom stereocenters. The highest BCUT2D eigenvalue weighted by atomic mass is 32.2. The summed E-state index contributed by atoms with van der Waals surface area (Å²) in [7, 11) is -1.45. The highest BCUT2D eigenvalue weighted by molar-refractivity contribution is 7.89. The van der Waals surface area contributed by atoms with Gasteiger partial charge in [-0.05, 0) is 44.3 Å². The van der Waals surface area contributed by atoms with E-state index in [0.717, 1.165) is 19.4 Å². The Hall–Kier alpha value is -1.44. The molecule has 7 heteroatoms. The Balaban J connectivity index is 2.61. The van der Waals surface area contributed by atoms with E-state index in [0.29, 0.717) is 31.7 Å². The fourth-order valence-corrected chi connectivity index (χ4v) is 3.94. The molecule has 0 aromatic heterocycles. The van der Waals surface area contributed by atoms with E-state index in [2.05, 4.69) is 17.1 Å². The van der Waals surface area contributed by atoms with E-state index >= 15 is 0 Å². The number of anilines is 1. The molecule has 25 heavy (non-hydrogen) atoms. The van der Waals surface area contributed by atoms with E-state index < -0.39 is 10.0 Å². The molecule has 0 spiro atoms. The zero-order valence-corrected chi connectivity index (χ0v) is 16.6. The second-order valence-electron chi connectivity index (χ2n) is 6.07. The van der Waals surface area contributed by atoms with Crippen LogP contribution in [0.4, 0.5) is 5.69 Å². The first-order valence-electron chi connectivity index (χ1n) is 8.93. The molecule has 1 amide bonds. The van der Waals surface area contributed by atoms with Gasteiger partial charge in [0.25, 0.3) is 0 Å². The summed E-state index contributed by atoms with van der Waals surface area (Å²) in [5, 5.41) is 2.82. The summed E-state index contributed by atoms with van der Waals surface area (Å²) in [5.74, 6) is -0.0669. The minimum Gasteiger partial charge on any atom is -0.326 e. The van der Waals surface area contributed by atoms with Gasteiger partial charge in [0.2, 0.25) is 15.9 Å². The van der Waals surface area contributed by atoms with Gasteiger partial charge in [0, 0.05) is 31.7 Å². The number of carbonyl (C=O) groups is 1. The average Bonchev–Trinajstić information content (AvgIpc) is 2.59. The Morgan fingerprint density at radius 3 is 2.16 bits per heavy atom. The maximum atomic E-state index is 12.4. The summed E-state index contributed by atoms with van der Waals surface area (Å²) < 4.78 is 26.3. The summed E-state index contributed by atoms with van der Waals surface area (Å²) in [5.41, 5.74) is 0.611. The van der Waals surface area contributed by atoms with Crippen LogP contribution in [-0.4, -0.2) is 56.8 Å². The van der Waals surface area contributed by atoms with E-state index in [1.165, 1.54) is 16.4 Å². The SMILES string of the molecule is CCCCN(C)CCC(=O)Nc1ccc(S(=O)(=O)N(CC)CC)cc1. The number of sulfonamides is 1. The third kappa shape index (κ3) is 6.76. The van der Waals surface area contributed by atoms with Gasteiger partial charge in [0.1, 0.15) is 0 Å². The highest BCUT2D eigenvalue weighted by Crippen LogP contribution is 2.18. The molecule has 1 aromatic carbocycles. The summed E-state index contributed by atoms with van der Waals surface area (Å²) in [4.78, 5) is 14.4. The van der Waals surface area contributed by atoms with Crippen LogP contribution >= 0.6 is 0 Å². The van der Waals surface area contributed by atoms with Crippen LogP contribution in [0.3, 0.4) is 0 Å². The van der Waals surface area contributed by atoms with Crippen LogP contribution in [0.15, 0.2) is 29.2 Å². The van der Waals surface area contributed by atoms with Gasteiger partial charge in [-0.15, -0.1) is 0 Å². The Morgan fingerprint density at radius 2 is 1.64 bits per heavy atom. The lowest BCUT2D eigenvalue weighted by molar-refractivity contribution is -0.116.